The number of Topliss-reactive ketones (excluding diaryl/α,β-unsaturated/α-hetero) is 1. The highest BCUT2D eigenvalue weighted by Crippen LogP contribution is 2.22. The Bertz CT molecular complexity index is 877. The molecular weight excluding hydrogens is 369 g/mol. The van der Waals surface area contributed by atoms with Crippen LogP contribution < -0.4 is 9.80 Å². The Morgan fingerprint density at radius 1 is 1.10 bits per heavy atom. The number of nitrogens with zero attached hydrogens (tertiary/aromatic N) is 3. The van der Waals surface area contributed by atoms with E-state index < -0.39 is 0 Å². The van der Waals surface area contributed by atoms with Crippen LogP contribution in [0.15, 0.2) is 61.2 Å². The summed E-state index contributed by atoms with van der Waals surface area (Å²) in [6, 6.07) is 14.2. The highest BCUT2D eigenvalue weighted by Gasteiger charge is 2.23. The molecule has 0 atom stereocenters. The van der Waals surface area contributed by atoms with Crippen molar-refractivity contribution in [2.75, 3.05) is 49.1 Å². The zero-order valence-electron chi connectivity index (χ0n) is 16.7. The van der Waals surface area contributed by atoms with Gasteiger partial charge in [0.1, 0.15) is 5.82 Å². The van der Waals surface area contributed by atoms with E-state index in [0.717, 1.165) is 5.69 Å². The van der Waals surface area contributed by atoms with Gasteiger partial charge in [-0.15, -0.1) is 6.58 Å². The molecule has 1 fully saturated rings. The number of halogens is 1. The molecule has 0 N–H and O–H groups in total. The molecule has 0 aromatic heterocycles. The van der Waals surface area contributed by atoms with Crippen LogP contribution in [0.4, 0.5) is 15.8 Å². The van der Waals surface area contributed by atoms with Crippen LogP contribution in [0, 0.1) is 5.82 Å². The fourth-order valence-corrected chi connectivity index (χ4v) is 3.49. The van der Waals surface area contributed by atoms with Gasteiger partial charge in [0.25, 0.3) is 0 Å². The van der Waals surface area contributed by atoms with Crippen LogP contribution in [0.3, 0.4) is 0 Å². The van der Waals surface area contributed by atoms with Crippen molar-refractivity contribution in [3.63, 3.8) is 0 Å². The molecular formula is C23H26FN3O2. The summed E-state index contributed by atoms with van der Waals surface area (Å²) in [7, 11) is 0. The highest BCUT2D eigenvalue weighted by atomic mass is 19.1. The molecule has 2 aromatic carbocycles. The molecule has 1 heterocycles. The van der Waals surface area contributed by atoms with E-state index in [1.165, 1.54) is 13.0 Å². The Morgan fingerprint density at radius 3 is 2.38 bits per heavy atom. The van der Waals surface area contributed by atoms with Gasteiger partial charge in [-0.3, -0.25) is 14.5 Å². The molecule has 1 amide bonds. The number of hydrogen-bond donors (Lipinski definition) is 0. The minimum Gasteiger partial charge on any atom is -0.367 e. The number of carbonyl (C=O) groups is 2. The summed E-state index contributed by atoms with van der Waals surface area (Å²) in [4.78, 5) is 30.0. The van der Waals surface area contributed by atoms with Crippen LogP contribution in [-0.4, -0.2) is 55.9 Å². The average molecular weight is 395 g/mol. The molecule has 0 bridgehead atoms. The second-order valence-electron chi connectivity index (χ2n) is 7.11. The molecule has 0 radical (unpaired) electrons. The Balaban J connectivity index is 1.60. The topological polar surface area (TPSA) is 43.9 Å². The number of piperazine rings is 1. The van der Waals surface area contributed by atoms with Crippen molar-refractivity contribution in [1.82, 2.24) is 4.90 Å². The van der Waals surface area contributed by atoms with Crippen LogP contribution in [0.5, 0.6) is 0 Å². The number of anilines is 2. The van der Waals surface area contributed by atoms with E-state index in [1.54, 1.807) is 23.1 Å². The summed E-state index contributed by atoms with van der Waals surface area (Å²) < 4.78 is 14.4. The van der Waals surface area contributed by atoms with Crippen molar-refractivity contribution in [3.8, 4) is 0 Å². The predicted octanol–water partition coefficient (Wildman–Crippen LogP) is 3.37. The fourth-order valence-electron chi connectivity index (χ4n) is 3.49. The fraction of sp³-hybridized carbons (Fsp3) is 0.304. The largest absolute Gasteiger partial charge is 0.367 e. The molecule has 0 aliphatic carbocycles. The Hall–Kier alpha value is -2.99. The van der Waals surface area contributed by atoms with E-state index >= 15 is 0 Å². The lowest BCUT2D eigenvalue weighted by Gasteiger charge is -2.36. The number of amides is 1. The molecule has 6 heteroatoms. The van der Waals surface area contributed by atoms with Gasteiger partial charge in [0, 0.05) is 44.0 Å². The molecule has 0 saturated carbocycles. The Kier molecular flexibility index (Phi) is 6.77. The second kappa shape index (κ2) is 9.47. The third-order valence-corrected chi connectivity index (χ3v) is 5.11. The third kappa shape index (κ3) is 5.09. The maximum atomic E-state index is 14.4. The summed E-state index contributed by atoms with van der Waals surface area (Å²) in [6.45, 7) is 8.51. The monoisotopic (exact) mass is 395 g/mol. The summed E-state index contributed by atoms with van der Waals surface area (Å²) in [5.41, 5.74) is 1.72. The number of benzene rings is 2. The van der Waals surface area contributed by atoms with E-state index in [1.807, 2.05) is 35.2 Å². The number of rotatable bonds is 7. The van der Waals surface area contributed by atoms with Crippen molar-refractivity contribution in [2.24, 2.45) is 0 Å². The predicted molar refractivity (Wildman–Crippen MR) is 114 cm³/mol. The quantitative estimate of drug-likeness (QED) is 0.533. The van der Waals surface area contributed by atoms with Gasteiger partial charge in [-0.2, -0.15) is 0 Å². The van der Waals surface area contributed by atoms with E-state index in [4.69, 9.17) is 0 Å². The SMILES string of the molecule is C=CCN(C(=O)CN1CCN(c2ccc(C(C)=O)cc2F)CC1)c1ccccc1. The maximum Gasteiger partial charge on any atom is 0.241 e. The second-order valence-corrected chi connectivity index (χ2v) is 7.11. The van der Waals surface area contributed by atoms with Crippen LogP contribution in [0.25, 0.3) is 0 Å². The van der Waals surface area contributed by atoms with E-state index in [-0.39, 0.29) is 17.5 Å². The molecule has 5 nitrogen and oxygen atoms in total. The van der Waals surface area contributed by atoms with Crippen molar-refractivity contribution < 1.29 is 14.0 Å². The molecule has 1 saturated heterocycles. The lowest BCUT2D eigenvalue weighted by atomic mass is 10.1. The molecule has 0 unspecified atom stereocenters. The van der Waals surface area contributed by atoms with Gasteiger partial charge in [0.05, 0.1) is 12.2 Å². The maximum absolute atomic E-state index is 14.4. The molecule has 1 aliphatic rings. The zero-order valence-corrected chi connectivity index (χ0v) is 16.7. The molecule has 2 aromatic rings. The Labute approximate surface area is 171 Å². The van der Waals surface area contributed by atoms with Gasteiger partial charge in [-0.05, 0) is 37.3 Å². The number of para-hydroxylation sites is 1. The first-order chi connectivity index (χ1) is 14.0. The van der Waals surface area contributed by atoms with Crippen LogP contribution >= 0.6 is 0 Å². The van der Waals surface area contributed by atoms with Crippen LogP contribution in [-0.2, 0) is 4.79 Å². The van der Waals surface area contributed by atoms with Crippen molar-refractivity contribution in [2.45, 2.75) is 6.92 Å². The summed E-state index contributed by atoms with van der Waals surface area (Å²) in [5, 5.41) is 0. The van der Waals surface area contributed by atoms with Crippen LogP contribution in [0.1, 0.15) is 17.3 Å². The lowest BCUT2D eigenvalue weighted by Crippen LogP contribution is -2.50. The average Bonchev–Trinajstić information content (AvgIpc) is 2.73. The van der Waals surface area contributed by atoms with Gasteiger partial charge in [0.2, 0.25) is 5.91 Å². The third-order valence-electron chi connectivity index (χ3n) is 5.11. The molecule has 29 heavy (non-hydrogen) atoms. The van der Waals surface area contributed by atoms with Gasteiger partial charge in [-0.25, -0.2) is 4.39 Å². The molecule has 3 rings (SSSR count). The Morgan fingerprint density at radius 2 is 1.79 bits per heavy atom. The van der Waals surface area contributed by atoms with Gasteiger partial charge >= 0.3 is 0 Å². The number of carbonyl (C=O) groups excluding carboxylic acids is 2. The summed E-state index contributed by atoms with van der Waals surface area (Å²) in [5.74, 6) is -0.522. The summed E-state index contributed by atoms with van der Waals surface area (Å²) in [6.07, 6.45) is 1.72. The normalized spacial score (nSPS) is 14.5. The van der Waals surface area contributed by atoms with E-state index in [0.29, 0.717) is 50.5 Å². The highest BCUT2D eigenvalue weighted by molar-refractivity contribution is 5.95. The van der Waals surface area contributed by atoms with Gasteiger partial charge in [-0.1, -0.05) is 24.3 Å². The first kappa shape index (κ1) is 20.7. The van der Waals surface area contributed by atoms with E-state index in [2.05, 4.69) is 11.5 Å². The molecule has 152 valence electrons. The minimum absolute atomic E-state index is 0.0153. The molecule has 0 spiro atoms. The van der Waals surface area contributed by atoms with Gasteiger partial charge < -0.3 is 9.80 Å². The molecule has 1 aliphatic heterocycles. The minimum atomic E-state index is -0.386. The smallest absolute Gasteiger partial charge is 0.241 e. The van der Waals surface area contributed by atoms with Crippen LogP contribution in [0.2, 0.25) is 0 Å². The van der Waals surface area contributed by atoms with Crippen molar-refractivity contribution >= 4 is 23.1 Å². The number of ketones is 1. The lowest BCUT2D eigenvalue weighted by molar-refractivity contribution is -0.119. The van der Waals surface area contributed by atoms with Crippen molar-refractivity contribution in [1.29, 1.82) is 0 Å². The van der Waals surface area contributed by atoms with Crippen molar-refractivity contribution in [3.05, 3.63) is 72.6 Å². The first-order valence-electron chi connectivity index (χ1n) is 9.73. The summed E-state index contributed by atoms with van der Waals surface area (Å²) >= 11 is 0. The van der Waals surface area contributed by atoms with Gasteiger partial charge in [0.15, 0.2) is 5.78 Å². The zero-order chi connectivity index (χ0) is 20.8. The standard InChI is InChI=1S/C23H26FN3O2/c1-3-11-27(20-7-5-4-6-8-20)23(29)17-25-12-14-26(15-13-25)22-10-9-19(18(2)28)16-21(22)24/h3-10,16H,1,11-15,17H2,2H3. The first-order valence-corrected chi connectivity index (χ1v) is 9.73. The van der Waals surface area contributed by atoms with E-state index in [9.17, 15) is 14.0 Å². The number of hydrogen-bond acceptors (Lipinski definition) is 4.